The number of halogens is 1. The van der Waals surface area contributed by atoms with Crippen LogP contribution < -0.4 is 11.1 Å². The molecule has 0 aliphatic carbocycles. The van der Waals surface area contributed by atoms with Gasteiger partial charge in [0.1, 0.15) is 0 Å². The van der Waals surface area contributed by atoms with Crippen LogP contribution in [0.4, 0.5) is 0 Å². The van der Waals surface area contributed by atoms with Crippen molar-refractivity contribution in [1.82, 2.24) is 15.1 Å². The van der Waals surface area contributed by atoms with Crippen LogP contribution >= 0.6 is 12.4 Å². The van der Waals surface area contributed by atoms with Gasteiger partial charge >= 0.3 is 0 Å². The molecule has 1 atom stereocenters. The zero-order chi connectivity index (χ0) is 19.9. The first-order valence-electron chi connectivity index (χ1n) is 9.74. The summed E-state index contributed by atoms with van der Waals surface area (Å²) in [6.07, 6.45) is 4.84. The fourth-order valence-corrected chi connectivity index (χ4v) is 3.03. The molecule has 1 amide bonds. The number of amides is 1. The molecule has 0 aliphatic heterocycles. The second kappa shape index (κ2) is 10.8. The molecule has 0 saturated heterocycles. The Morgan fingerprint density at radius 2 is 1.72 bits per heavy atom. The second-order valence-corrected chi connectivity index (χ2v) is 7.36. The zero-order valence-corrected chi connectivity index (χ0v) is 17.7. The third-order valence-electron chi connectivity index (χ3n) is 4.85. The lowest BCUT2D eigenvalue weighted by molar-refractivity contribution is -0.121. The maximum absolute atomic E-state index is 12.2. The van der Waals surface area contributed by atoms with E-state index >= 15 is 0 Å². The Morgan fingerprint density at radius 3 is 2.38 bits per heavy atom. The van der Waals surface area contributed by atoms with E-state index in [1.807, 2.05) is 59.5 Å². The van der Waals surface area contributed by atoms with Crippen LogP contribution in [0.3, 0.4) is 0 Å². The molecule has 1 unspecified atom stereocenters. The van der Waals surface area contributed by atoms with Crippen LogP contribution in [-0.4, -0.2) is 22.2 Å². The summed E-state index contributed by atoms with van der Waals surface area (Å²) in [5.41, 5.74) is 10.6. The molecule has 1 aromatic heterocycles. The number of nitrogens with one attached hydrogen (secondary N) is 1. The van der Waals surface area contributed by atoms with Crippen LogP contribution in [0.2, 0.25) is 0 Å². The van der Waals surface area contributed by atoms with Gasteiger partial charge in [0.15, 0.2) is 0 Å². The molecule has 5 nitrogen and oxygen atoms in total. The van der Waals surface area contributed by atoms with Crippen molar-refractivity contribution in [2.45, 2.75) is 38.6 Å². The van der Waals surface area contributed by atoms with E-state index in [9.17, 15) is 4.79 Å². The molecule has 0 radical (unpaired) electrons. The van der Waals surface area contributed by atoms with E-state index in [4.69, 9.17) is 5.73 Å². The number of rotatable bonds is 8. The van der Waals surface area contributed by atoms with E-state index in [0.717, 1.165) is 16.8 Å². The first-order chi connectivity index (χ1) is 13.5. The van der Waals surface area contributed by atoms with E-state index in [2.05, 4.69) is 36.4 Å². The highest BCUT2D eigenvalue weighted by molar-refractivity contribution is 5.85. The molecule has 0 spiro atoms. The predicted molar refractivity (Wildman–Crippen MR) is 120 cm³/mol. The first-order valence-corrected chi connectivity index (χ1v) is 9.74. The van der Waals surface area contributed by atoms with Crippen molar-refractivity contribution in [3.8, 4) is 5.69 Å². The van der Waals surface area contributed by atoms with Crippen molar-refractivity contribution in [3.63, 3.8) is 0 Å². The van der Waals surface area contributed by atoms with Crippen LogP contribution in [0.25, 0.3) is 5.69 Å². The van der Waals surface area contributed by atoms with E-state index in [1.54, 1.807) is 0 Å². The number of nitrogens with two attached hydrogens (primary N) is 1. The van der Waals surface area contributed by atoms with Crippen LogP contribution in [0.5, 0.6) is 0 Å². The highest BCUT2D eigenvalue weighted by atomic mass is 35.5. The van der Waals surface area contributed by atoms with E-state index in [0.29, 0.717) is 25.3 Å². The first kappa shape index (κ1) is 22.7. The summed E-state index contributed by atoms with van der Waals surface area (Å²) in [7, 11) is 0. The largest absolute Gasteiger partial charge is 0.354 e. The number of nitrogens with zero attached hydrogens (tertiary/aromatic N) is 2. The van der Waals surface area contributed by atoms with Gasteiger partial charge in [-0.15, -0.1) is 12.4 Å². The molecule has 29 heavy (non-hydrogen) atoms. The Hall–Kier alpha value is -2.63. The third-order valence-corrected chi connectivity index (χ3v) is 4.85. The summed E-state index contributed by atoms with van der Waals surface area (Å²) in [6.45, 7) is 4.76. The fraction of sp³-hybridized carbons (Fsp3) is 0.304. The Labute approximate surface area is 178 Å². The third kappa shape index (κ3) is 6.44. The predicted octanol–water partition coefficient (Wildman–Crippen LogP) is 4.17. The van der Waals surface area contributed by atoms with Gasteiger partial charge in [-0.25, -0.2) is 4.68 Å². The average molecular weight is 413 g/mol. The summed E-state index contributed by atoms with van der Waals surface area (Å²) >= 11 is 0. The number of aryl methyl sites for hydroxylation is 1. The fourth-order valence-electron chi connectivity index (χ4n) is 3.03. The number of hydrogen-bond donors (Lipinski definition) is 2. The summed E-state index contributed by atoms with van der Waals surface area (Å²) in [5.74, 6) is 0.498. The lowest BCUT2D eigenvalue weighted by atomic mass is 9.99. The number of benzene rings is 2. The number of carbonyl (C=O) groups excluding carboxylic acids is 1. The lowest BCUT2D eigenvalue weighted by Gasteiger charge is -2.14. The number of hydrogen-bond acceptors (Lipinski definition) is 3. The summed E-state index contributed by atoms with van der Waals surface area (Å²) in [5, 5.41) is 7.30. The Bertz CT molecular complexity index is 891. The lowest BCUT2D eigenvalue weighted by Crippen LogP contribution is -2.32. The van der Waals surface area contributed by atoms with Gasteiger partial charge in [-0.1, -0.05) is 56.3 Å². The van der Waals surface area contributed by atoms with Gasteiger partial charge in [-0.05, 0) is 41.2 Å². The topological polar surface area (TPSA) is 72.9 Å². The maximum atomic E-state index is 12.2. The van der Waals surface area contributed by atoms with Crippen molar-refractivity contribution in [2.75, 3.05) is 6.54 Å². The molecular weight excluding hydrogens is 384 g/mol. The number of carbonyl (C=O) groups is 1. The van der Waals surface area contributed by atoms with Gasteiger partial charge in [-0.3, -0.25) is 4.79 Å². The quantitative estimate of drug-likeness (QED) is 0.583. The maximum Gasteiger partial charge on any atom is 0.220 e. The van der Waals surface area contributed by atoms with Crippen molar-refractivity contribution in [1.29, 1.82) is 0 Å². The van der Waals surface area contributed by atoms with Crippen molar-refractivity contribution < 1.29 is 4.79 Å². The smallest absolute Gasteiger partial charge is 0.220 e. The van der Waals surface area contributed by atoms with E-state index in [-0.39, 0.29) is 24.4 Å². The van der Waals surface area contributed by atoms with Crippen LogP contribution in [-0.2, 0) is 11.2 Å². The summed E-state index contributed by atoms with van der Waals surface area (Å²) in [6, 6.07) is 18.0. The molecule has 154 valence electrons. The molecule has 3 rings (SSSR count). The number of aromatic nitrogens is 2. The Balaban J connectivity index is 0.00000300. The molecule has 3 N–H and O–H groups in total. The van der Waals surface area contributed by atoms with Crippen LogP contribution in [0.1, 0.15) is 48.9 Å². The number of para-hydroxylation sites is 1. The van der Waals surface area contributed by atoms with Crippen LogP contribution in [0, 0.1) is 0 Å². The van der Waals surface area contributed by atoms with Gasteiger partial charge in [0.25, 0.3) is 0 Å². The van der Waals surface area contributed by atoms with Gasteiger partial charge in [0.2, 0.25) is 5.91 Å². The standard InChI is InChI=1S/C23H28N4O.ClH/c1-17(2)19-9-11-20(12-10-19)22(24)15-25-23(28)13-8-18-14-26-27(16-18)21-6-4-3-5-7-21;/h3-7,9-12,14,16-17,22H,8,13,15,24H2,1-2H3,(H,25,28);1H. The molecule has 0 bridgehead atoms. The molecule has 0 saturated carbocycles. The van der Waals surface area contributed by atoms with Crippen molar-refractivity contribution in [2.24, 2.45) is 5.73 Å². The molecule has 1 heterocycles. The Morgan fingerprint density at radius 1 is 1.07 bits per heavy atom. The minimum absolute atomic E-state index is 0. The SMILES string of the molecule is CC(C)c1ccc(C(N)CNC(=O)CCc2cnn(-c3ccccc3)c2)cc1.Cl. The van der Waals surface area contributed by atoms with Crippen LogP contribution in [0.15, 0.2) is 67.0 Å². The molecular formula is C23H29ClN4O. The summed E-state index contributed by atoms with van der Waals surface area (Å²) < 4.78 is 1.82. The molecule has 0 aliphatic rings. The monoisotopic (exact) mass is 412 g/mol. The normalized spacial score (nSPS) is 11.7. The van der Waals surface area contributed by atoms with Gasteiger partial charge in [-0.2, -0.15) is 5.10 Å². The molecule has 0 fully saturated rings. The van der Waals surface area contributed by atoms with Gasteiger partial charge in [0.05, 0.1) is 11.9 Å². The summed E-state index contributed by atoms with van der Waals surface area (Å²) in [4.78, 5) is 12.2. The minimum atomic E-state index is -0.203. The second-order valence-electron chi connectivity index (χ2n) is 7.36. The van der Waals surface area contributed by atoms with Crippen molar-refractivity contribution in [3.05, 3.63) is 83.7 Å². The average Bonchev–Trinajstić information content (AvgIpc) is 3.20. The zero-order valence-electron chi connectivity index (χ0n) is 16.9. The van der Waals surface area contributed by atoms with E-state index < -0.39 is 0 Å². The highest BCUT2D eigenvalue weighted by Crippen LogP contribution is 2.17. The van der Waals surface area contributed by atoms with Crippen molar-refractivity contribution >= 4 is 18.3 Å². The van der Waals surface area contributed by atoms with Gasteiger partial charge < -0.3 is 11.1 Å². The highest BCUT2D eigenvalue weighted by Gasteiger charge is 2.10. The minimum Gasteiger partial charge on any atom is -0.354 e. The molecule has 3 aromatic rings. The molecule has 6 heteroatoms. The van der Waals surface area contributed by atoms with Gasteiger partial charge in [0, 0.05) is 25.2 Å². The Kier molecular flexibility index (Phi) is 8.43. The van der Waals surface area contributed by atoms with E-state index in [1.165, 1.54) is 5.56 Å². The molecule has 2 aromatic carbocycles.